The van der Waals surface area contributed by atoms with Gasteiger partial charge >= 0.3 is 0 Å². The Labute approximate surface area is 192 Å². The summed E-state index contributed by atoms with van der Waals surface area (Å²) in [7, 11) is -3.45. The Kier molecular flexibility index (Phi) is 7.47. The first-order chi connectivity index (χ1) is 15.0. The summed E-state index contributed by atoms with van der Waals surface area (Å²) in [5, 5.41) is 2.74. The molecule has 4 rings (SSSR count). The van der Waals surface area contributed by atoms with E-state index in [-0.39, 0.29) is 17.4 Å². The molecule has 1 N–H and O–H groups in total. The van der Waals surface area contributed by atoms with Gasteiger partial charge in [0, 0.05) is 18.8 Å². The van der Waals surface area contributed by atoms with Gasteiger partial charge in [0.15, 0.2) is 6.61 Å². The maximum Gasteiger partial charge on any atom is 0.262 e. The van der Waals surface area contributed by atoms with Gasteiger partial charge in [0.2, 0.25) is 10.0 Å². The molecule has 31 heavy (non-hydrogen) atoms. The summed E-state index contributed by atoms with van der Waals surface area (Å²) in [6, 6.07) is 14.2. The molecule has 0 atom stereocenters. The van der Waals surface area contributed by atoms with Crippen LogP contribution >= 0.6 is 23.5 Å². The number of rotatable bonds is 7. The second-order valence-electron chi connectivity index (χ2n) is 7.47. The minimum Gasteiger partial charge on any atom is -0.484 e. The number of nitrogens with zero attached hydrogens (tertiary/aromatic N) is 1. The van der Waals surface area contributed by atoms with Gasteiger partial charge in [0.05, 0.1) is 9.48 Å². The summed E-state index contributed by atoms with van der Waals surface area (Å²) in [6.07, 6.45) is 3.06. The molecule has 1 amide bonds. The van der Waals surface area contributed by atoms with E-state index >= 15 is 0 Å². The summed E-state index contributed by atoms with van der Waals surface area (Å²) in [5.41, 5.74) is 1.81. The molecule has 0 bridgehead atoms. The molecule has 166 valence electrons. The van der Waals surface area contributed by atoms with Crippen LogP contribution < -0.4 is 10.1 Å². The molecule has 2 aromatic rings. The lowest BCUT2D eigenvalue weighted by Gasteiger charge is -2.21. The van der Waals surface area contributed by atoms with Crippen LogP contribution in [0.4, 0.5) is 5.69 Å². The molecule has 0 radical (unpaired) electrons. The third kappa shape index (κ3) is 5.77. The first-order valence-corrected chi connectivity index (χ1v) is 13.9. The van der Waals surface area contributed by atoms with Crippen LogP contribution in [0.25, 0.3) is 0 Å². The van der Waals surface area contributed by atoms with Gasteiger partial charge in [-0.05, 0) is 72.7 Å². The van der Waals surface area contributed by atoms with Gasteiger partial charge in [0.25, 0.3) is 5.91 Å². The number of nitrogens with one attached hydrogen (secondary N) is 1. The highest BCUT2D eigenvalue weighted by Crippen LogP contribution is 2.43. The molecule has 0 aromatic heterocycles. The monoisotopic (exact) mass is 478 g/mol. The number of benzene rings is 2. The molecule has 0 saturated carbocycles. The van der Waals surface area contributed by atoms with Crippen molar-refractivity contribution in [3.63, 3.8) is 0 Å². The second kappa shape index (κ2) is 10.3. The quantitative estimate of drug-likeness (QED) is 0.637. The number of sulfonamides is 1. The van der Waals surface area contributed by atoms with Gasteiger partial charge in [0.1, 0.15) is 5.75 Å². The minimum atomic E-state index is -3.45. The molecule has 6 nitrogen and oxygen atoms in total. The van der Waals surface area contributed by atoms with E-state index in [9.17, 15) is 13.2 Å². The summed E-state index contributed by atoms with van der Waals surface area (Å²) >= 11 is 3.94. The lowest BCUT2D eigenvalue weighted by atomic mass is 10.2. The molecule has 2 aromatic carbocycles. The number of hydrogen-bond acceptors (Lipinski definition) is 6. The molecular weight excluding hydrogens is 452 g/mol. The average Bonchev–Trinajstić information content (AvgIpc) is 3.35. The van der Waals surface area contributed by atoms with Crippen LogP contribution in [0.15, 0.2) is 53.4 Å². The van der Waals surface area contributed by atoms with Gasteiger partial charge in [-0.1, -0.05) is 12.1 Å². The number of amides is 1. The van der Waals surface area contributed by atoms with E-state index < -0.39 is 10.0 Å². The molecule has 0 spiro atoms. The van der Waals surface area contributed by atoms with Gasteiger partial charge in [-0.25, -0.2) is 8.42 Å². The normalized spacial score (nSPS) is 18.1. The topological polar surface area (TPSA) is 75.7 Å². The second-order valence-corrected chi connectivity index (χ2v) is 12.1. The first-order valence-electron chi connectivity index (χ1n) is 10.4. The molecule has 9 heteroatoms. The summed E-state index contributed by atoms with van der Waals surface area (Å²) in [4.78, 5) is 12.5. The van der Waals surface area contributed by atoms with Gasteiger partial charge in [-0.15, -0.1) is 23.5 Å². The van der Waals surface area contributed by atoms with Crippen LogP contribution in [0.1, 0.15) is 29.4 Å². The van der Waals surface area contributed by atoms with Crippen molar-refractivity contribution in [2.75, 3.05) is 36.5 Å². The predicted molar refractivity (Wildman–Crippen MR) is 127 cm³/mol. The minimum absolute atomic E-state index is 0.111. The molecule has 2 fully saturated rings. The number of anilines is 1. The van der Waals surface area contributed by atoms with Crippen molar-refractivity contribution in [3.05, 3.63) is 54.1 Å². The summed E-state index contributed by atoms with van der Waals surface area (Å²) in [6.45, 7) is 1.02. The highest BCUT2D eigenvalue weighted by atomic mass is 32.2. The number of thioether (sulfide) groups is 2. The van der Waals surface area contributed by atoms with Crippen molar-refractivity contribution < 1.29 is 17.9 Å². The largest absolute Gasteiger partial charge is 0.484 e. The Morgan fingerprint density at radius 2 is 1.61 bits per heavy atom. The standard InChI is InChI=1S/C22H26N2O4S3/c25-21(16-28-19-8-4-17(5-9-19)22-29-14-3-15-30-22)23-18-6-10-20(11-7-18)31(26,27)24-12-1-2-13-24/h4-11,22H,1-3,12-16H2,(H,23,25). The molecule has 2 aliphatic rings. The third-order valence-corrected chi connectivity index (χ3v) is 10.1. The highest BCUT2D eigenvalue weighted by molar-refractivity contribution is 8.16. The Bertz CT molecular complexity index is 982. The molecule has 2 heterocycles. The number of carbonyl (C=O) groups excluding carboxylic acids is 1. The number of carbonyl (C=O) groups is 1. The number of ether oxygens (including phenoxy) is 1. The fourth-order valence-electron chi connectivity index (χ4n) is 3.54. The van der Waals surface area contributed by atoms with Crippen molar-refractivity contribution in [1.82, 2.24) is 4.31 Å². The molecule has 2 saturated heterocycles. The zero-order valence-corrected chi connectivity index (χ0v) is 19.6. The Balaban J connectivity index is 1.28. The van der Waals surface area contributed by atoms with Crippen molar-refractivity contribution in [2.24, 2.45) is 0 Å². The van der Waals surface area contributed by atoms with Crippen LogP contribution in [0.3, 0.4) is 0 Å². The summed E-state index contributed by atoms with van der Waals surface area (Å²) in [5.74, 6) is 2.75. The lowest BCUT2D eigenvalue weighted by molar-refractivity contribution is -0.118. The van der Waals surface area contributed by atoms with Crippen LogP contribution in [-0.4, -0.2) is 49.8 Å². The molecule has 0 unspecified atom stereocenters. The van der Waals surface area contributed by atoms with Crippen molar-refractivity contribution >= 4 is 45.1 Å². The van der Waals surface area contributed by atoms with E-state index in [1.807, 2.05) is 35.7 Å². The zero-order chi connectivity index (χ0) is 21.7. The van der Waals surface area contributed by atoms with Gasteiger partial charge in [-0.2, -0.15) is 4.31 Å². The van der Waals surface area contributed by atoms with Crippen LogP contribution in [0.5, 0.6) is 5.75 Å². The highest BCUT2D eigenvalue weighted by Gasteiger charge is 2.27. The molecule has 2 aliphatic heterocycles. The number of hydrogen-bond donors (Lipinski definition) is 1. The van der Waals surface area contributed by atoms with E-state index in [0.29, 0.717) is 29.1 Å². The summed E-state index contributed by atoms with van der Waals surface area (Å²) < 4.78 is 32.7. The maximum absolute atomic E-state index is 12.6. The van der Waals surface area contributed by atoms with E-state index in [2.05, 4.69) is 17.4 Å². The Hall–Kier alpha value is -1.68. The maximum atomic E-state index is 12.6. The Morgan fingerprint density at radius 3 is 2.26 bits per heavy atom. The van der Waals surface area contributed by atoms with Crippen LogP contribution in [-0.2, 0) is 14.8 Å². The fourth-order valence-corrected chi connectivity index (χ4v) is 7.95. The van der Waals surface area contributed by atoms with Crippen molar-refractivity contribution in [2.45, 2.75) is 28.7 Å². The SMILES string of the molecule is O=C(COc1ccc(C2SCCCS2)cc1)Nc1ccc(S(=O)(=O)N2CCCC2)cc1. The third-order valence-electron chi connectivity index (χ3n) is 5.19. The lowest BCUT2D eigenvalue weighted by Crippen LogP contribution is -2.27. The average molecular weight is 479 g/mol. The Morgan fingerprint density at radius 1 is 0.968 bits per heavy atom. The predicted octanol–water partition coefficient (Wildman–Crippen LogP) is 4.36. The van der Waals surface area contributed by atoms with Crippen LogP contribution in [0.2, 0.25) is 0 Å². The van der Waals surface area contributed by atoms with Crippen molar-refractivity contribution in [1.29, 1.82) is 0 Å². The van der Waals surface area contributed by atoms with E-state index in [1.54, 1.807) is 12.1 Å². The smallest absolute Gasteiger partial charge is 0.262 e. The molecule has 0 aliphatic carbocycles. The van der Waals surface area contributed by atoms with Crippen molar-refractivity contribution in [3.8, 4) is 5.75 Å². The fraction of sp³-hybridized carbons (Fsp3) is 0.409. The van der Waals surface area contributed by atoms with Crippen LogP contribution in [0, 0.1) is 0 Å². The van der Waals surface area contributed by atoms with Gasteiger partial charge < -0.3 is 10.1 Å². The van der Waals surface area contributed by atoms with E-state index in [1.165, 1.54) is 39.9 Å². The zero-order valence-electron chi connectivity index (χ0n) is 17.2. The van der Waals surface area contributed by atoms with E-state index in [4.69, 9.17) is 4.74 Å². The first kappa shape index (κ1) is 22.5. The van der Waals surface area contributed by atoms with Gasteiger partial charge in [-0.3, -0.25) is 4.79 Å². The molecular formula is C22H26N2O4S3. The van der Waals surface area contributed by atoms with E-state index in [0.717, 1.165) is 12.8 Å².